The number of halogens is 3. The highest BCUT2D eigenvalue weighted by atomic mass is 31.2. The van der Waals surface area contributed by atoms with Crippen LogP contribution >= 0.6 is 7.60 Å². The minimum absolute atomic E-state index is 0.0690. The molecule has 2 aliphatic rings. The molecule has 2 heterocycles. The van der Waals surface area contributed by atoms with Crippen molar-refractivity contribution >= 4 is 19.9 Å². The van der Waals surface area contributed by atoms with E-state index >= 15 is 0 Å². The maximum Gasteiger partial charge on any atom is 0.416 e. The van der Waals surface area contributed by atoms with E-state index in [9.17, 15) is 27.3 Å². The Morgan fingerprint density at radius 2 is 1.90 bits per heavy atom. The van der Waals surface area contributed by atoms with Gasteiger partial charge in [-0.25, -0.2) is 4.79 Å². The summed E-state index contributed by atoms with van der Waals surface area (Å²) in [7, 11) is -3.04. The van der Waals surface area contributed by atoms with Crippen LogP contribution in [0.3, 0.4) is 0 Å². The van der Waals surface area contributed by atoms with Crippen molar-refractivity contribution in [2.24, 2.45) is 0 Å². The number of carbonyl (C=O) groups is 2. The maximum absolute atomic E-state index is 13.8. The van der Waals surface area contributed by atoms with Crippen LogP contribution in [-0.4, -0.2) is 32.6 Å². The van der Waals surface area contributed by atoms with Gasteiger partial charge in [-0.1, -0.05) is 18.2 Å². The number of alkyl halides is 3. The molecule has 162 valence electrons. The SMILES string of the molecule is COC(=O)C1=C(C=O)NC(C)=C(P2(=O)OCCCO2)C1c1ccccc1C(F)(F)F. The van der Waals surface area contributed by atoms with Crippen molar-refractivity contribution in [3.8, 4) is 0 Å². The minimum Gasteiger partial charge on any atom is -0.466 e. The van der Waals surface area contributed by atoms with Gasteiger partial charge in [0.25, 0.3) is 0 Å². The lowest BCUT2D eigenvalue weighted by atomic mass is 9.83. The van der Waals surface area contributed by atoms with Crippen molar-refractivity contribution in [2.75, 3.05) is 20.3 Å². The zero-order valence-electron chi connectivity index (χ0n) is 16.1. The van der Waals surface area contributed by atoms with E-state index in [2.05, 4.69) is 5.32 Å². The molecule has 1 unspecified atom stereocenters. The second kappa shape index (κ2) is 8.37. The van der Waals surface area contributed by atoms with E-state index in [1.165, 1.54) is 19.1 Å². The molecule has 30 heavy (non-hydrogen) atoms. The van der Waals surface area contributed by atoms with E-state index in [4.69, 9.17) is 13.8 Å². The summed E-state index contributed by atoms with van der Waals surface area (Å²) in [5.41, 5.74) is -1.99. The minimum atomic E-state index is -4.77. The number of nitrogens with one attached hydrogen (secondary N) is 1. The van der Waals surface area contributed by atoms with Crippen LogP contribution in [-0.2, 0) is 34.1 Å². The van der Waals surface area contributed by atoms with Crippen molar-refractivity contribution in [1.29, 1.82) is 0 Å². The first kappa shape index (κ1) is 22.3. The largest absolute Gasteiger partial charge is 0.466 e. The van der Waals surface area contributed by atoms with Gasteiger partial charge in [0.15, 0.2) is 6.29 Å². The molecule has 2 aliphatic heterocycles. The fourth-order valence-corrected chi connectivity index (χ4v) is 5.69. The number of hydrogen-bond acceptors (Lipinski definition) is 7. The van der Waals surface area contributed by atoms with Gasteiger partial charge in [0.2, 0.25) is 0 Å². The lowest BCUT2D eigenvalue weighted by Gasteiger charge is -2.36. The Morgan fingerprint density at radius 3 is 2.47 bits per heavy atom. The Labute approximate surface area is 170 Å². The van der Waals surface area contributed by atoms with Crippen LogP contribution in [0.15, 0.2) is 46.5 Å². The topological polar surface area (TPSA) is 90.9 Å². The smallest absolute Gasteiger partial charge is 0.416 e. The van der Waals surface area contributed by atoms with Crippen molar-refractivity contribution in [3.63, 3.8) is 0 Å². The normalized spacial score (nSPS) is 21.8. The first-order valence-electron chi connectivity index (χ1n) is 8.95. The van der Waals surface area contributed by atoms with Crippen LogP contribution in [0.25, 0.3) is 0 Å². The second-order valence-electron chi connectivity index (χ2n) is 6.61. The van der Waals surface area contributed by atoms with Crippen LogP contribution in [0, 0.1) is 0 Å². The number of methoxy groups -OCH3 is 1. The molecule has 1 aromatic rings. The zero-order valence-corrected chi connectivity index (χ0v) is 17.0. The fourth-order valence-electron chi connectivity index (χ4n) is 3.55. The fraction of sp³-hybridized carbons (Fsp3) is 0.368. The molecule has 1 saturated heterocycles. The second-order valence-corrected chi connectivity index (χ2v) is 8.60. The van der Waals surface area contributed by atoms with E-state index in [0.29, 0.717) is 12.7 Å². The molecule has 0 spiro atoms. The van der Waals surface area contributed by atoms with Gasteiger partial charge < -0.3 is 19.1 Å². The van der Waals surface area contributed by atoms with E-state index in [0.717, 1.165) is 19.2 Å². The lowest BCUT2D eigenvalue weighted by Crippen LogP contribution is -2.32. The van der Waals surface area contributed by atoms with Gasteiger partial charge in [-0.15, -0.1) is 0 Å². The number of benzene rings is 1. The maximum atomic E-state index is 13.8. The van der Waals surface area contributed by atoms with Crippen LogP contribution in [0.5, 0.6) is 0 Å². The molecule has 1 N–H and O–H groups in total. The molecule has 7 nitrogen and oxygen atoms in total. The quantitative estimate of drug-likeness (QED) is 0.427. The molecule has 3 rings (SSSR count). The van der Waals surface area contributed by atoms with Crippen LogP contribution in [0.1, 0.15) is 30.4 Å². The highest BCUT2D eigenvalue weighted by molar-refractivity contribution is 7.58. The van der Waals surface area contributed by atoms with Crippen molar-refractivity contribution < 1.29 is 41.1 Å². The summed E-state index contributed by atoms with van der Waals surface area (Å²) in [6.45, 7) is 1.57. The summed E-state index contributed by atoms with van der Waals surface area (Å²) in [5.74, 6) is -2.57. The molecular weight excluding hydrogens is 426 g/mol. The third kappa shape index (κ3) is 3.95. The molecule has 1 atom stereocenters. The van der Waals surface area contributed by atoms with E-state index in [1.807, 2.05) is 0 Å². The Bertz CT molecular complexity index is 975. The van der Waals surface area contributed by atoms with E-state index < -0.39 is 36.8 Å². The third-order valence-electron chi connectivity index (χ3n) is 4.77. The van der Waals surface area contributed by atoms with Gasteiger partial charge in [0.05, 0.1) is 48.4 Å². The number of aldehydes is 1. The van der Waals surface area contributed by atoms with Crippen LogP contribution < -0.4 is 5.32 Å². The molecule has 11 heteroatoms. The lowest BCUT2D eigenvalue weighted by molar-refractivity contribution is -0.139. The molecule has 1 fully saturated rings. The van der Waals surface area contributed by atoms with Crippen molar-refractivity contribution in [3.05, 3.63) is 57.7 Å². The number of rotatable bonds is 4. The standard InChI is InChI=1S/C19H19F3NO6P/c1-11-17(30(26)28-8-5-9-29-30)15(16(18(25)27-2)14(10-24)23-11)12-6-3-4-7-13(12)19(20,21)22/h3-4,6-7,10,15,23H,5,8-9H2,1-2H3. The Kier molecular flexibility index (Phi) is 6.21. The first-order valence-corrected chi connectivity index (χ1v) is 10.5. The van der Waals surface area contributed by atoms with Crippen molar-refractivity contribution in [1.82, 2.24) is 5.32 Å². The highest BCUT2D eigenvalue weighted by Gasteiger charge is 2.48. The molecule has 1 aromatic carbocycles. The van der Waals surface area contributed by atoms with E-state index in [1.54, 1.807) is 0 Å². The van der Waals surface area contributed by atoms with Gasteiger partial charge >= 0.3 is 19.7 Å². The average molecular weight is 445 g/mol. The molecule has 0 amide bonds. The number of allylic oxidation sites excluding steroid dienone is 3. The zero-order chi connectivity index (χ0) is 22.1. The van der Waals surface area contributed by atoms with Gasteiger partial charge in [0.1, 0.15) is 0 Å². The monoisotopic (exact) mass is 445 g/mol. The molecular formula is C19H19F3NO6P. The number of ether oxygens (including phenoxy) is 1. The first-order chi connectivity index (χ1) is 14.1. The number of esters is 1. The summed E-state index contributed by atoms with van der Waals surface area (Å²) >= 11 is 0. The third-order valence-corrected chi connectivity index (χ3v) is 6.99. The van der Waals surface area contributed by atoms with Gasteiger partial charge in [-0.05, 0) is 25.0 Å². The van der Waals surface area contributed by atoms with Gasteiger partial charge in [-0.3, -0.25) is 9.36 Å². The molecule has 0 radical (unpaired) electrons. The van der Waals surface area contributed by atoms with Gasteiger partial charge in [0, 0.05) is 5.70 Å². The van der Waals surface area contributed by atoms with Crippen molar-refractivity contribution in [2.45, 2.75) is 25.4 Å². The Balaban J connectivity index is 2.34. The Hall–Kier alpha value is -2.42. The van der Waals surface area contributed by atoms with Crippen LogP contribution in [0.2, 0.25) is 0 Å². The number of dihydropyridines is 1. The predicted octanol–water partition coefficient (Wildman–Crippen LogP) is 3.88. The highest BCUT2D eigenvalue weighted by Crippen LogP contribution is 2.65. The predicted molar refractivity (Wildman–Crippen MR) is 99.3 cm³/mol. The summed E-state index contributed by atoms with van der Waals surface area (Å²) in [4.78, 5) is 24.2. The van der Waals surface area contributed by atoms with E-state index in [-0.39, 0.29) is 35.5 Å². The Morgan fingerprint density at radius 1 is 1.27 bits per heavy atom. The van der Waals surface area contributed by atoms with Gasteiger partial charge in [-0.2, -0.15) is 13.2 Å². The average Bonchev–Trinajstić information content (AvgIpc) is 2.72. The molecule has 0 aromatic heterocycles. The summed E-state index contributed by atoms with van der Waals surface area (Å²) < 4.78 is 70.4. The summed E-state index contributed by atoms with van der Waals surface area (Å²) in [6.07, 6.45) is -4.02. The summed E-state index contributed by atoms with van der Waals surface area (Å²) in [5, 5.41) is 2.48. The van der Waals surface area contributed by atoms with Crippen LogP contribution in [0.4, 0.5) is 13.2 Å². The summed E-state index contributed by atoms with van der Waals surface area (Å²) in [6, 6.07) is 4.56. The number of carbonyl (C=O) groups excluding carboxylic acids is 2. The molecule has 0 saturated carbocycles. The molecule has 0 aliphatic carbocycles. The molecule has 0 bridgehead atoms. The number of hydrogen-bond donors (Lipinski definition) is 1.